The summed E-state index contributed by atoms with van der Waals surface area (Å²) in [6, 6.07) is 3.61. The predicted octanol–water partition coefficient (Wildman–Crippen LogP) is -3.37. The van der Waals surface area contributed by atoms with Gasteiger partial charge in [-0.3, -0.25) is 0 Å². The second-order valence-corrected chi connectivity index (χ2v) is 7.27. The van der Waals surface area contributed by atoms with Crippen molar-refractivity contribution in [2.45, 2.75) is 55.1 Å². The van der Waals surface area contributed by atoms with Gasteiger partial charge < -0.3 is 55.3 Å². The Labute approximate surface area is 174 Å². The SMILES string of the molecule is OCC(O)[C@@H](O[C@H]1OC(CO)[C@@H](O)[C@H](O)C1O)C(O)C(O)c1nc2ccc(F)cc2[nH]1. The number of fused-ring (bicyclic) bond motifs is 1. The summed E-state index contributed by atoms with van der Waals surface area (Å²) in [6.45, 7) is -1.66. The summed E-state index contributed by atoms with van der Waals surface area (Å²) in [6.07, 6.45) is -15.7. The van der Waals surface area contributed by atoms with E-state index in [2.05, 4.69) is 9.97 Å². The molecule has 0 radical (unpaired) electrons. The van der Waals surface area contributed by atoms with Gasteiger partial charge in [-0.05, 0) is 18.2 Å². The summed E-state index contributed by atoms with van der Waals surface area (Å²) < 4.78 is 23.9. The van der Waals surface area contributed by atoms with Crippen LogP contribution in [0.1, 0.15) is 11.9 Å². The fourth-order valence-corrected chi connectivity index (χ4v) is 3.32. The lowest BCUT2D eigenvalue weighted by Gasteiger charge is -2.42. The number of halogens is 1. The molecule has 0 saturated carbocycles. The van der Waals surface area contributed by atoms with E-state index >= 15 is 0 Å². The van der Waals surface area contributed by atoms with Crippen LogP contribution in [0.25, 0.3) is 11.0 Å². The number of aromatic amines is 1. The van der Waals surface area contributed by atoms with Gasteiger partial charge in [-0.25, -0.2) is 9.37 Å². The average molecular weight is 448 g/mol. The predicted molar refractivity (Wildman–Crippen MR) is 98.8 cm³/mol. The number of benzene rings is 1. The van der Waals surface area contributed by atoms with E-state index in [1.807, 2.05) is 0 Å². The molecule has 0 spiro atoms. The Hall–Kier alpha value is -1.78. The number of ether oxygens (including phenoxy) is 2. The molecule has 1 aliphatic heterocycles. The fraction of sp³-hybridized carbons (Fsp3) is 0.611. The van der Waals surface area contributed by atoms with E-state index in [-0.39, 0.29) is 16.9 Å². The zero-order chi connectivity index (χ0) is 22.9. The summed E-state index contributed by atoms with van der Waals surface area (Å²) in [5, 5.41) is 79.6. The van der Waals surface area contributed by atoms with E-state index in [1.54, 1.807) is 0 Å². The van der Waals surface area contributed by atoms with E-state index in [0.717, 1.165) is 12.1 Å². The van der Waals surface area contributed by atoms with E-state index in [0.29, 0.717) is 0 Å². The van der Waals surface area contributed by atoms with E-state index in [4.69, 9.17) is 9.47 Å². The number of nitrogens with zero attached hydrogens (tertiary/aromatic N) is 1. The van der Waals surface area contributed by atoms with Crippen molar-refractivity contribution in [1.82, 2.24) is 9.97 Å². The number of aliphatic hydroxyl groups excluding tert-OH is 8. The number of aromatic nitrogens is 2. The number of imidazole rings is 1. The van der Waals surface area contributed by atoms with Crippen molar-refractivity contribution in [2.24, 2.45) is 0 Å². The van der Waals surface area contributed by atoms with Crippen molar-refractivity contribution in [3.8, 4) is 0 Å². The molecule has 5 unspecified atom stereocenters. The Bertz CT molecular complexity index is 867. The highest BCUT2D eigenvalue weighted by molar-refractivity contribution is 5.75. The second-order valence-electron chi connectivity index (χ2n) is 7.27. The molecule has 9 N–H and O–H groups in total. The Kier molecular flexibility index (Phi) is 7.54. The van der Waals surface area contributed by atoms with Gasteiger partial charge in [0.25, 0.3) is 0 Å². The van der Waals surface area contributed by atoms with Crippen LogP contribution < -0.4 is 0 Å². The molecule has 1 aromatic heterocycles. The second kappa shape index (κ2) is 9.79. The Morgan fingerprint density at radius 1 is 1.10 bits per heavy atom. The molecule has 0 aliphatic carbocycles. The quantitative estimate of drug-likeness (QED) is 0.195. The normalized spacial score (nSPS) is 30.8. The molecule has 2 aromatic rings. The number of hydrogen-bond acceptors (Lipinski definition) is 11. The van der Waals surface area contributed by atoms with Crippen LogP contribution >= 0.6 is 0 Å². The van der Waals surface area contributed by atoms with Crippen LogP contribution in [0.5, 0.6) is 0 Å². The van der Waals surface area contributed by atoms with Gasteiger partial charge in [-0.15, -0.1) is 0 Å². The molecule has 1 aliphatic rings. The molecule has 2 heterocycles. The molecule has 13 heteroatoms. The first-order valence-electron chi connectivity index (χ1n) is 9.44. The molecule has 31 heavy (non-hydrogen) atoms. The van der Waals surface area contributed by atoms with Crippen molar-refractivity contribution in [3.05, 3.63) is 29.8 Å². The van der Waals surface area contributed by atoms with Crippen LogP contribution in [0.3, 0.4) is 0 Å². The molecular formula is C18H25FN2O10. The smallest absolute Gasteiger partial charge is 0.187 e. The van der Waals surface area contributed by atoms with Crippen LogP contribution in [-0.4, -0.2) is 113 Å². The zero-order valence-corrected chi connectivity index (χ0v) is 16.1. The molecular weight excluding hydrogens is 423 g/mol. The zero-order valence-electron chi connectivity index (χ0n) is 16.1. The number of hydrogen-bond donors (Lipinski definition) is 9. The summed E-state index contributed by atoms with van der Waals surface area (Å²) in [5.74, 6) is -0.752. The minimum Gasteiger partial charge on any atom is -0.394 e. The van der Waals surface area contributed by atoms with E-state index in [9.17, 15) is 45.2 Å². The van der Waals surface area contributed by atoms with Gasteiger partial charge in [0.2, 0.25) is 0 Å². The molecule has 1 aromatic carbocycles. The highest BCUT2D eigenvalue weighted by Gasteiger charge is 2.47. The molecule has 3 rings (SSSR count). The standard InChI is InChI=1S/C18H25FN2O10/c19-6-1-2-7-8(3-6)21-17(20-7)14(28)13(27)16(9(24)4-22)31-18-15(29)12(26)11(25)10(5-23)30-18/h1-3,9-16,18,22-29H,4-5H2,(H,20,21)/t9?,10?,11-,12+,13?,14?,15?,16-,18-/m1/s1. The third-order valence-electron chi connectivity index (χ3n) is 5.11. The highest BCUT2D eigenvalue weighted by atomic mass is 19.1. The van der Waals surface area contributed by atoms with Crippen molar-refractivity contribution < 1.29 is 54.7 Å². The fourth-order valence-electron chi connectivity index (χ4n) is 3.32. The van der Waals surface area contributed by atoms with Crippen LogP contribution in [0.15, 0.2) is 18.2 Å². The van der Waals surface area contributed by atoms with Gasteiger partial charge >= 0.3 is 0 Å². The Balaban J connectivity index is 1.82. The summed E-state index contributed by atoms with van der Waals surface area (Å²) in [7, 11) is 0. The lowest BCUT2D eigenvalue weighted by molar-refractivity contribution is -0.327. The van der Waals surface area contributed by atoms with Crippen molar-refractivity contribution in [2.75, 3.05) is 13.2 Å². The Morgan fingerprint density at radius 3 is 2.45 bits per heavy atom. The molecule has 174 valence electrons. The summed E-state index contributed by atoms with van der Waals surface area (Å²) in [5.41, 5.74) is 0.520. The van der Waals surface area contributed by atoms with Crippen molar-refractivity contribution in [1.29, 1.82) is 0 Å². The first-order valence-corrected chi connectivity index (χ1v) is 9.44. The minimum absolute atomic E-state index is 0.194. The average Bonchev–Trinajstić information content (AvgIpc) is 3.18. The molecule has 12 nitrogen and oxygen atoms in total. The third-order valence-corrected chi connectivity index (χ3v) is 5.11. The van der Waals surface area contributed by atoms with Crippen LogP contribution in [0, 0.1) is 5.82 Å². The lowest BCUT2D eigenvalue weighted by Crippen LogP contribution is -2.61. The van der Waals surface area contributed by atoms with Gasteiger partial charge in [0.05, 0.1) is 24.2 Å². The molecule has 0 bridgehead atoms. The lowest BCUT2D eigenvalue weighted by atomic mass is 9.98. The summed E-state index contributed by atoms with van der Waals surface area (Å²) in [4.78, 5) is 6.66. The minimum atomic E-state index is -1.94. The van der Waals surface area contributed by atoms with Crippen LogP contribution in [0.2, 0.25) is 0 Å². The first-order chi connectivity index (χ1) is 14.7. The molecule has 1 fully saturated rings. The summed E-state index contributed by atoms with van der Waals surface area (Å²) >= 11 is 0. The maximum absolute atomic E-state index is 13.4. The van der Waals surface area contributed by atoms with Crippen LogP contribution in [-0.2, 0) is 9.47 Å². The number of rotatable bonds is 8. The molecule has 1 saturated heterocycles. The number of aliphatic hydroxyl groups is 8. The highest BCUT2D eigenvalue weighted by Crippen LogP contribution is 2.28. The maximum atomic E-state index is 13.4. The van der Waals surface area contributed by atoms with Gasteiger partial charge in [-0.1, -0.05) is 0 Å². The van der Waals surface area contributed by atoms with Crippen LogP contribution in [0.4, 0.5) is 4.39 Å². The molecule has 9 atom stereocenters. The largest absolute Gasteiger partial charge is 0.394 e. The number of H-pyrrole nitrogens is 1. The Morgan fingerprint density at radius 2 is 1.81 bits per heavy atom. The van der Waals surface area contributed by atoms with Gasteiger partial charge in [0.1, 0.15) is 60.5 Å². The molecule has 0 amide bonds. The van der Waals surface area contributed by atoms with Gasteiger partial charge in [0.15, 0.2) is 6.29 Å². The van der Waals surface area contributed by atoms with Gasteiger partial charge in [-0.2, -0.15) is 0 Å². The van der Waals surface area contributed by atoms with E-state index < -0.39 is 74.2 Å². The first kappa shape index (κ1) is 23.9. The monoisotopic (exact) mass is 448 g/mol. The third kappa shape index (κ3) is 4.85. The maximum Gasteiger partial charge on any atom is 0.187 e. The number of nitrogens with one attached hydrogen (secondary N) is 1. The van der Waals surface area contributed by atoms with Gasteiger partial charge in [0, 0.05) is 0 Å². The van der Waals surface area contributed by atoms with Crippen molar-refractivity contribution >= 4 is 11.0 Å². The van der Waals surface area contributed by atoms with Crippen molar-refractivity contribution in [3.63, 3.8) is 0 Å². The van der Waals surface area contributed by atoms with E-state index in [1.165, 1.54) is 6.07 Å². The topological polar surface area (TPSA) is 209 Å².